The van der Waals surface area contributed by atoms with Crippen LogP contribution in [-0.2, 0) is 19.1 Å². The molecule has 0 aliphatic rings. The standard InChI is InChI=1S/C28H24FN3O5/c1-3-36-28(35)23-17-25(32(31-23)24-15-8-7-14-22(24)29)20-12-9-13-21(16-20)30-27(34)26(37-18(2)33)19-10-5-4-6-11-19/h4-17,26H,3H2,1-2H3,(H,30,34)/t26-/m1/s1. The Kier molecular flexibility index (Phi) is 7.73. The van der Waals surface area contributed by atoms with Crippen LogP contribution in [0.4, 0.5) is 10.1 Å². The van der Waals surface area contributed by atoms with E-state index in [9.17, 15) is 18.8 Å². The van der Waals surface area contributed by atoms with E-state index in [0.29, 0.717) is 22.5 Å². The lowest BCUT2D eigenvalue weighted by atomic mass is 10.1. The van der Waals surface area contributed by atoms with Crippen molar-refractivity contribution in [2.75, 3.05) is 11.9 Å². The van der Waals surface area contributed by atoms with Crippen molar-refractivity contribution >= 4 is 23.5 Å². The van der Waals surface area contributed by atoms with Crippen LogP contribution in [0.5, 0.6) is 0 Å². The summed E-state index contributed by atoms with van der Waals surface area (Å²) in [6, 6.07) is 22.9. The van der Waals surface area contributed by atoms with Gasteiger partial charge in [-0.2, -0.15) is 5.10 Å². The van der Waals surface area contributed by atoms with E-state index < -0.39 is 29.8 Å². The number of hydrogen-bond acceptors (Lipinski definition) is 6. The van der Waals surface area contributed by atoms with Gasteiger partial charge in [-0.15, -0.1) is 0 Å². The second-order valence-electron chi connectivity index (χ2n) is 7.97. The molecule has 8 nitrogen and oxygen atoms in total. The van der Waals surface area contributed by atoms with E-state index in [2.05, 4.69) is 10.4 Å². The third-order valence-corrected chi connectivity index (χ3v) is 5.32. The van der Waals surface area contributed by atoms with Crippen LogP contribution < -0.4 is 5.32 Å². The number of carbonyl (C=O) groups is 3. The average molecular weight is 502 g/mol. The molecule has 0 bridgehead atoms. The number of carbonyl (C=O) groups excluding carboxylic acids is 3. The molecule has 0 unspecified atom stereocenters. The van der Waals surface area contributed by atoms with Crippen molar-refractivity contribution in [3.63, 3.8) is 0 Å². The van der Waals surface area contributed by atoms with E-state index >= 15 is 0 Å². The molecule has 188 valence electrons. The molecule has 9 heteroatoms. The summed E-state index contributed by atoms with van der Waals surface area (Å²) in [7, 11) is 0. The Morgan fingerprint density at radius 1 is 0.973 bits per heavy atom. The van der Waals surface area contributed by atoms with Gasteiger partial charge in [0.15, 0.2) is 5.69 Å². The monoisotopic (exact) mass is 501 g/mol. The first-order valence-electron chi connectivity index (χ1n) is 11.5. The van der Waals surface area contributed by atoms with Gasteiger partial charge < -0.3 is 14.8 Å². The fourth-order valence-electron chi connectivity index (χ4n) is 3.73. The van der Waals surface area contributed by atoms with Crippen LogP contribution in [0.3, 0.4) is 0 Å². The summed E-state index contributed by atoms with van der Waals surface area (Å²) in [5, 5.41) is 7.05. The number of rotatable bonds is 8. The highest BCUT2D eigenvalue weighted by Gasteiger charge is 2.24. The number of anilines is 1. The zero-order valence-corrected chi connectivity index (χ0v) is 20.2. The van der Waals surface area contributed by atoms with Crippen molar-refractivity contribution in [3.8, 4) is 16.9 Å². The topological polar surface area (TPSA) is 99.5 Å². The predicted octanol–water partition coefficient (Wildman–Crippen LogP) is 5.10. The molecular weight excluding hydrogens is 477 g/mol. The number of halogens is 1. The molecule has 0 radical (unpaired) electrons. The first-order valence-corrected chi connectivity index (χ1v) is 11.5. The summed E-state index contributed by atoms with van der Waals surface area (Å²) < 4.78 is 26.3. The molecule has 3 aromatic carbocycles. The van der Waals surface area contributed by atoms with E-state index in [-0.39, 0.29) is 18.0 Å². The molecule has 0 fully saturated rings. The minimum Gasteiger partial charge on any atom is -0.461 e. The van der Waals surface area contributed by atoms with Gasteiger partial charge in [-0.1, -0.05) is 54.6 Å². The average Bonchev–Trinajstić information content (AvgIpc) is 3.34. The lowest BCUT2D eigenvalue weighted by molar-refractivity contribution is -0.152. The zero-order valence-electron chi connectivity index (χ0n) is 20.2. The largest absolute Gasteiger partial charge is 0.461 e. The molecule has 0 saturated heterocycles. The first-order chi connectivity index (χ1) is 17.9. The van der Waals surface area contributed by atoms with Gasteiger partial charge >= 0.3 is 11.9 Å². The first kappa shape index (κ1) is 25.3. The Labute approximate surface area is 212 Å². The number of ether oxygens (including phenoxy) is 2. The number of hydrogen-bond donors (Lipinski definition) is 1. The van der Waals surface area contributed by atoms with E-state index in [1.54, 1.807) is 73.7 Å². The molecule has 1 N–H and O–H groups in total. The molecule has 0 spiro atoms. The van der Waals surface area contributed by atoms with Crippen LogP contribution in [0.2, 0.25) is 0 Å². The second kappa shape index (κ2) is 11.3. The number of esters is 2. The minimum atomic E-state index is -1.15. The molecule has 37 heavy (non-hydrogen) atoms. The summed E-state index contributed by atoms with van der Waals surface area (Å²) in [5.74, 6) is -2.32. The Hall–Kier alpha value is -4.79. The fraction of sp³-hybridized carbons (Fsp3) is 0.143. The highest BCUT2D eigenvalue weighted by Crippen LogP contribution is 2.28. The molecule has 1 aromatic heterocycles. The van der Waals surface area contributed by atoms with Gasteiger partial charge in [-0.25, -0.2) is 13.9 Å². The van der Waals surface area contributed by atoms with Crippen LogP contribution in [0.15, 0.2) is 84.9 Å². The molecule has 0 aliphatic carbocycles. The van der Waals surface area contributed by atoms with Crippen molar-refractivity contribution in [2.45, 2.75) is 20.0 Å². The molecule has 1 amide bonds. The Morgan fingerprint density at radius 3 is 2.41 bits per heavy atom. The van der Waals surface area contributed by atoms with Crippen LogP contribution in [0, 0.1) is 5.82 Å². The Balaban J connectivity index is 1.70. The zero-order chi connectivity index (χ0) is 26.4. The SMILES string of the molecule is CCOC(=O)c1cc(-c2cccc(NC(=O)[C@H](OC(C)=O)c3ccccc3)c2)n(-c2ccccc2F)n1. The van der Waals surface area contributed by atoms with E-state index in [1.165, 1.54) is 29.8 Å². The van der Waals surface area contributed by atoms with Crippen molar-refractivity contribution in [3.05, 3.63) is 102 Å². The van der Waals surface area contributed by atoms with Gasteiger partial charge in [0.05, 0.1) is 12.3 Å². The number of amides is 1. The van der Waals surface area contributed by atoms with Crippen LogP contribution in [0.25, 0.3) is 16.9 Å². The van der Waals surface area contributed by atoms with Gasteiger partial charge in [0.2, 0.25) is 6.10 Å². The van der Waals surface area contributed by atoms with E-state index in [4.69, 9.17) is 9.47 Å². The van der Waals surface area contributed by atoms with E-state index in [1.807, 2.05) is 0 Å². The Morgan fingerprint density at radius 2 is 1.70 bits per heavy atom. The molecule has 4 aromatic rings. The molecular formula is C28H24FN3O5. The maximum atomic E-state index is 14.7. The van der Waals surface area contributed by atoms with Crippen molar-refractivity contribution in [2.24, 2.45) is 0 Å². The minimum absolute atomic E-state index is 0.00791. The maximum Gasteiger partial charge on any atom is 0.358 e. The Bertz CT molecular complexity index is 1430. The van der Waals surface area contributed by atoms with Crippen molar-refractivity contribution in [1.82, 2.24) is 9.78 Å². The lowest BCUT2D eigenvalue weighted by Gasteiger charge is -2.17. The van der Waals surface area contributed by atoms with Gasteiger partial charge in [0, 0.05) is 23.7 Å². The fourth-order valence-corrected chi connectivity index (χ4v) is 3.73. The molecule has 0 saturated carbocycles. The number of aromatic nitrogens is 2. The quantitative estimate of drug-likeness (QED) is 0.337. The molecule has 4 rings (SSSR count). The van der Waals surface area contributed by atoms with Crippen LogP contribution in [0.1, 0.15) is 36.0 Å². The highest BCUT2D eigenvalue weighted by molar-refractivity contribution is 5.96. The van der Waals surface area contributed by atoms with Crippen LogP contribution >= 0.6 is 0 Å². The van der Waals surface area contributed by atoms with Crippen LogP contribution in [-0.4, -0.2) is 34.2 Å². The van der Waals surface area contributed by atoms with E-state index in [0.717, 1.165) is 0 Å². The van der Waals surface area contributed by atoms with Gasteiger partial charge in [0.25, 0.3) is 5.91 Å². The summed E-state index contributed by atoms with van der Waals surface area (Å²) in [6.07, 6.45) is -1.15. The molecule has 1 atom stereocenters. The van der Waals surface area contributed by atoms with Gasteiger partial charge in [-0.05, 0) is 37.3 Å². The summed E-state index contributed by atoms with van der Waals surface area (Å²) >= 11 is 0. The normalized spacial score (nSPS) is 11.4. The predicted molar refractivity (Wildman–Crippen MR) is 134 cm³/mol. The third-order valence-electron chi connectivity index (χ3n) is 5.32. The summed E-state index contributed by atoms with van der Waals surface area (Å²) in [6.45, 7) is 3.07. The summed E-state index contributed by atoms with van der Waals surface area (Å²) in [5.41, 5.74) is 2.02. The number of benzene rings is 3. The maximum absolute atomic E-state index is 14.7. The smallest absolute Gasteiger partial charge is 0.358 e. The van der Waals surface area contributed by atoms with Gasteiger partial charge in [-0.3, -0.25) is 9.59 Å². The van der Waals surface area contributed by atoms with Gasteiger partial charge in [0.1, 0.15) is 11.5 Å². The molecule has 1 heterocycles. The van der Waals surface area contributed by atoms with Crippen molar-refractivity contribution in [1.29, 1.82) is 0 Å². The molecule has 0 aliphatic heterocycles. The highest BCUT2D eigenvalue weighted by atomic mass is 19.1. The lowest BCUT2D eigenvalue weighted by Crippen LogP contribution is -2.25. The number of nitrogens with one attached hydrogen (secondary N) is 1. The van der Waals surface area contributed by atoms with Crippen molar-refractivity contribution < 1.29 is 28.2 Å². The second-order valence-corrected chi connectivity index (χ2v) is 7.97. The number of para-hydroxylation sites is 1. The summed E-state index contributed by atoms with van der Waals surface area (Å²) in [4.78, 5) is 37.1. The third kappa shape index (κ3) is 5.90. The number of nitrogens with zero attached hydrogens (tertiary/aromatic N) is 2.